The number of nitrogens with one attached hydrogen (secondary N) is 3. The van der Waals surface area contributed by atoms with Crippen molar-refractivity contribution in [1.82, 2.24) is 5.32 Å². The Morgan fingerprint density at radius 3 is 2.58 bits per heavy atom. The van der Waals surface area contributed by atoms with Crippen LogP contribution in [-0.4, -0.2) is 37.5 Å². The Labute approximate surface area is 144 Å². The quantitative estimate of drug-likeness (QED) is 0.755. The predicted molar refractivity (Wildman–Crippen MR) is 96.1 cm³/mol. The van der Waals surface area contributed by atoms with Gasteiger partial charge in [0.15, 0.2) is 6.04 Å². The Hall–Kier alpha value is -1.88. The number of carbonyl (C=O) groups is 2. The first-order chi connectivity index (χ1) is 11.4. The molecule has 2 rings (SSSR count). The van der Waals surface area contributed by atoms with Gasteiger partial charge in [-0.1, -0.05) is 25.1 Å². The van der Waals surface area contributed by atoms with E-state index < -0.39 is 0 Å². The predicted octanol–water partition coefficient (Wildman–Crippen LogP) is 1.06. The van der Waals surface area contributed by atoms with E-state index in [1.807, 2.05) is 39.0 Å². The normalized spacial score (nSPS) is 21.8. The molecule has 1 aliphatic heterocycles. The number of para-hydroxylation sites is 1. The molecule has 0 aliphatic carbocycles. The summed E-state index contributed by atoms with van der Waals surface area (Å²) in [6.45, 7) is 10.2. The van der Waals surface area contributed by atoms with Crippen molar-refractivity contribution in [3.8, 4) is 0 Å². The lowest BCUT2D eigenvalue weighted by molar-refractivity contribution is -0.922. The number of anilines is 1. The van der Waals surface area contributed by atoms with Gasteiger partial charge < -0.3 is 15.5 Å². The zero-order valence-electron chi connectivity index (χ0n) is 15.2. The standard InChI is InChI=1S/C19H29N3O2/c1-13-7-6-10-22(12-13)16(4)19(24)20-11-17(23)21-18-14(2)8-5-9-15(18)3/h5,8-9,13,16H,6-7,10-12H2,1-4H3,(H,20,24)(H,21,23)/p+1/t13-,16-/m0/s1. The van der Waals surface area contributed by atoms with E-state index in [1.165, 1.54) is 17.7 Å². The minimum absolute atomic E-state index is 0.0137. The third-order valence-corrected chi connectivity index (χ3v) is 4.98. The molecule has 132 valence electrons. The second-order valence-electron chi connectivity index (χ2n) is 7.11. The van der Waals surface area contributed by atoms with E-state index in [0.717, 1.165) is 29.9 Å². The maximum Gasteiger partial charge on any atom is 0.278 e. The van der Waals surface area contributed by atoms with E-state index in [9.17, 15) is 9.59 Å². The van der Waals surface area contributed by atoms with Crippen LogP contribution in [0.15, 0.2) is 18.2 Å². The van der Waals surface area contributed by atoms with Crippen molar-refractivity contribution in [2.24, 2.45) is 5.92 Å². The molecule has 1 fully saturated rings. The molecule has 24 heavy (non-hydrogen) atoms. The minimum Gasteiger partial charge on any atom is -0.342 e. The van der Waals surface area contributed by atoms with Crippen LogP contribution in [0, 0.1) is 19.8 Å². The summed E-state index contributed by atoms with van der Waals surface area (Å²) in [5.41, 5.74) is 2.88. The Morgan fingerprint density at radius 1 is 1.29 bits per heavy atom. The number of aryl methyl sites for hydroxylation is 2. The Bertz CT molecular complexity index is 580. The van der Waals surface area contributed by atoms with Gasteiger partial charge in [-0.3, -0.25) is 9.59 Å². The Balaban J connectivity index is 1.83. The lowest BCUT2D eigenvalue weighted by Crippen LogP contribution is -3.18. The summed E-state index contributed by atoms with van der Waals surface area (Å²) < 4.78 is 0. The molecule has 0 radical (unpaired) electrons. The van der Waals surface area contributed by atoms with E-state index in [-0.39, 0.29) is 24.4 Å². The second-order valence-corrected chi connectivity index (χ2v) is 7.11. The molecule has 0 aromatic heterocycles. The minimum atomic E-state index is -0.185. The average Bonchev–Trinajstić information content (AvgIpc) is 2.55. The Kier molecular flexibility index (Phi) is 6.37. The average molecular weight is 332 g/mol. The Morgan fingerprint density at radius 2 is 1.96 bits per heavy atom. The molecule has 5 nitrogen and oxygen atoms in total. The lowest BCUT2D eigenvalue weighted by Gasteiger charge is -2.31. The first-order valence-electron chi connectivity index (χ1n) is 8.87. The first-order valence-corrected chi connectivity index (χ1v) is 8.87. The summed E-state index contributed by atoms with van der Waals surface area (Å²) in [5, 5.41) is 5.68. The summed E-state index contributed by atoms with van der Waals surface area (Å²) in [5.74, 6) is 0.432. The van der Waals surface area contributed by atoms with Gasteiger partial charge in [0.25, 0.3) is 5.91 Å². The lowest BCUT2D eigenvalue weighted by atomic mass is 9.99. The second kappa shape index (κ2) is 8.29. The largest absolute Gasteiger partial charge is 0.342 e. The van der Waals surface area contributed by atoms with Gasteiger partial charge in [-0.15, -0.1) is 0 Å². The molecule has 3 N–H and O–H groups in total. The number of carbonyl (C=O) groups excluding carboxylic acids is 2. The summed E-state index contributed by atoms with van der Waals surface area (Å²) >= 11 is 0. The molecule has 0 spiro atoms. The zero-order chi connectivity index (χ0) is 17.7. The maximum atomic E-state index is 12.3. The first kappa shape index (κ1) is 18.5. The maximum absolute atomic E-state index is 12.3. The van der Waals surface area contributed by atoms with Crippen LogP contribution in [0.1, 0.15) is 37.8 Å². The fourth-order valence-electron chi connectivity index (χ4n) is 3.42. The van der Waals surface area contributed by atoms with Gasteiger partial charge >= 0.3 is 0 Å². The van der Waals surface area contributed by atoms with Gasteiger partial charge in [0, 0.05) is 11.6 Å². The smallest absolute Gasteiger partial charge is 0.278 e. The van der Waals surface area contributed by atoms with Crippen LogP contribution >= 0.6 is 0 Å². The van der Waals surface area contributed by atoms with Crippen molar-refractivity contribution in [3.63, 3.8) is 0 Å². The third-order valence-electron chi connectivity index (χ3n) is 4.98. The van der Waals surface area contributed by atoms with Crippen LogP contribution < -0.4 is 15.5 Å². The number of quaternary nitrogens is 1. The van der Waals surface area contributed by atoms with Crippen LogP contribution in [0.3, 0.4) is 0 Å². The van der Waals surface area contributed by atoms with Crippen molar-refractivity contribution in [3.05, 3.63) is 29.3 Å². The van der Waals surface area contributed by atoms with E-state index in [1.54, 1.807) is 0 Å². The van der Waals surface area contributed by atoms with Crippen LogP contribution in [-0.2, 0) is 9.59 Å². The third kappa shape index (κ3) is 4.81. The fraction of sp³-hybridized carbons (Fsp3) is 0.579. The summed E-state index contributed by atoms with van der Waals surface area (Å²) in [6, 6.07) is 5.78. The summed E-state index contributed by atoms with van der Waals surface area (Å²) in [6.07, 6.45) is 2.41. The molecule has 0 bridgehead atoms. The van der Waals surface area contributed by atoms with Crippen molar-refractivity contribution >= 4 is 17.5 Å². The van der Waals surface area contributed by atoms with Gasteiger partial charge in [-0.2, -0.15) is 0 Å². The van der Waals surface area contributed by atoms with Crippen molar-refractivity contribution < 1.29 is 14.5 Å². The molecule has 1 saturated heterocycles. The van der Waals surface area contributed by atoms with Gasteiger partial charge in [-0.05, 0) is 44.7 Å². The van der Waals surface area contributed by atoms with Crippen LogP contribution in [0.5, 0.6) is 0 Å². The monoisotopic (exact) mass is 332 g/mol. The van der Waals surface area contributed by atoms with Gasteiger partial charge in [0.1, 0.15) is 0 Å². The molecule has 1 aromatic rings. The van der Waals surface area contributed by atoms with Gasteiger partial charge in [-0.25, -0.2) is 0 Å². The fourth-order valence-corrected chi connectivity index (χ4v) is 3.42. The molecular weight excluding hydrogens is 302 g/mol. The highest BCUT2D eigenvalue weighted by atomic mass is 16.2. The number of benzene rings is 1. The van der Waals surface area contributed by atoms with E-state index >= 15 is 0 Å². The van der Waals surface area contributed by atoms with Gasteiger partial charge in [0.2, 0.25) is 5.91 Å². The summed E-state index contributed by atoms with van der Waals surface area (Å²) in [7, 11) is 0. The number of likely N-dealkylation sites (tertiary alicyclic amines) is 1. The van der Waals surface area contributed by atoms with Crippen molar-refractivity contribution in [2.75, 3.05) is 25.0 Å². The highest BCUT2D eigenvalue weighted by Crippen LogP contribution is 2.18. The molecule has 0 saturated carbocycles. The molecule has 3 atom stereocenters. The number of hydrogen-bond acceptors (Lipinski definition) is 2. The summed E-state index contributed by atoms with van der Waals surface area (Å²) in [4.78, 5) is 25.8. The van der Waals surface area contributed by atoms with E-state index in [2.05, 4.69) is 17.6 Å². The number of piperidine rings is 1. The van der Waals surface area contributed by atoms with Crippen molar-refractivity contribution in [1.29, 1.82) is 0 Å². The molecule has 1 aromatic carbocycles. The molecular formula is C19H30N3O2+. The van der Waals surface area contributed by atoms with E-state index in [4.69, 9.17) is 0 Å². The highest BCUT2D eigenvalue weighted by Gasteiger charge is 2.29. The number of amides is 2. The zero-order valence-corrected chi connectivity index (χ0v) is 15.2. The van der Waals surface area contributed by atoms with Crippen molar-refractivity contribution in [2.45, 2.75) is 46.6 Å². The van der Waals surface area contributed by atoms with Gasteiger partial charge in [0.05, 0.1) is 19.6 Å². The van der Waals surface area contributed by atoms with Crippen LogP contribution in [0.2, 0.25) is 0 Å². The van der Waals surface area contributed by atoms with Crippen LogP contribution in [0.25, 0.3) is 0 Å². The number of rotatable bonds is 5. The topological polar surface area (TPSA) is 62.6 Å². The number of hydrogen-bond donors (Lipinski definition) is 3. The van der Waals surface area contributed by atoms with Crippen LogP contribution in [0.4, 0.5) is 5.69 Å². The highest BCUT2D eigenvalue weighted by molar-refractivity contribution is 5.96. The molecule has 1 aliphatic rings. The van der Waals surface area contributed by atoms with E-state index in [0.29, 0.717) is 5.92 Å². The molecule has 5 heteroatoms. The molecule has 1 unspecified atom stereocenters. The molecule has 2 amide bonds. The SMILES string of the molecule is Cc1cccc(C)c1NC(=O)CNC(=O)[C@H](C)[NH+]1CCC[C@H](C)C1. The molecule has 1 heterocycles.